The van der Waals surface area contributed by atoms with Crippen molar-refractivity contribution in [3.8, 4) is 35.0 Å². The number of nitrogens with one attached hydrogen (secondary N) is 1. The van der Waals surface area contributed by atoms with Crippen molar-refractivity contribution in [1.29, 1.82) is 0 Å². The summed E-state index contributed by atoms with van der Waals surface area (Å²) in [5, 5.41) is 7.85. The van der Waals surface area contributed by atoms with Gasteiger partial charge < -0.3 is 14.8 Å². The van der Waals surface area contributed by atoms with Crippen molar-refractivity contribution >= 4 is 23.3 Å². The summed E-state index contributed by atoms with van der Waals surface area (Å²) in [5.74, 6) is 3.95. The number of hydrogen-bond donors (Lipinski definition) is 1. The van der Waals surface area contributed by atoms with Crippen LogP contribution >= 0.6 is 11.6 Å². The van der Waals surface area contributed by atoms with Crippen LogP contribution in [-0.4, -0.2) is 29.4 Å². The van der Waals surface area contributed by atoms with E-state index in [0.29, 0.717) is 22.3 Å². The number of hydrogen-bond acceptors (Lipinski definition) is 4. The van der Waals surface area contributed by atoms with Crippen LogP contribution in [-0.2, 0) is 18.3 Å². The Labute approximate surface area is 174 Å². The standard InChI is InChI=1S/C22H20ClN3O3/c1-4-11-29-19-10-7-16(13-20(19)28-3)18-14-24-26(2)22(18)25-21(27)12-15-5-8-17(23)9-6-15/h1,5-10,13-14H,11-12H2,2-3H3,(H,25,27). The van der Waals surface area contributed by atoms with Gasteiger partial charge in [-0.25, -0.2) is 0 Å². The molecule has 0 atom stereocenters. The number of amides is 1. The zero-order valence-electron chi connectivity index (χ0n) is 16.1. The number of nitrogens with zero attached hydrogens (tertiary/aromatic N) is 2. The largest absolute Gasteiger partial charge is 0.493 e. The maximum absolute atomic E-state index is 12.5. The topological polar surface area (TPSA) is 65.4 Å². The van der Waals surface area contributed by atoms with E-state index in [9.17, 15) is 4.79 Å². The number of aromatic nitrogens is 2. The minimum Gasteiger partial charge on any atom is -0.493 e. The Bertz CT molecular complexity index is 1050. The molecule has 29 heavy (non-hydrogen) atoms. The first-order valence-electron chi connectivity index (χ1n) is 8.82. The van der Waals surface area contributed by atoms with Crippen LogP contribution in [0.25, 0.3) is 11.1 Å². The zero-order valence-corrected chi connectivity index (χ0v) is 16.9. The third-order valence-electron chi connectivity index (χ3n) is 4.26. The van der Waals surface area contributed by atoms with Gasteiger partial charge in [0.1, 0.15) is 12.4 Å². The molecule has 0 aliphatic heterocycles. The van der Waals surface area contributed by atoms with Crippen LogP contribution in [0.5, 0.6) is 11.5 Å². The van der Waals surface area contributed by atoms with Gasteiger partial charge in [-0.2, -0.15) is 5.10 Å². The average Bonchev–Trinajstić information content (AvgIpc) is 3.08. The minimum absolute atomic E-state index is 0.147. The Kier molecular flexibility index (Phi) is 6.43. The number of ether oxygens (including phenoxy) is 2. The molecule has 1 heterocycles. The molecule has 0 saturated carbocycles. The van der Waals surface area contributed by atoms with Crippen molar-refractivity contribution in [2.75, 3.05) is 19.0 Å². The Balaban J connectivity index is 1.83. The van der Waals surface area contributed by atoms with Crippen LogP contribution in [0.4, 0.5) is 5.82 Å². The lowest BCUT2D eigenvalue weighted by atomic mass is 10.1. The van der Waals surface area contributed by atoms with Crippen molar-refractivity contribution in [2.45, 2.75) is 6.42 Å². The number of anilines is 1. The molecule has 1 N–H and O–H groups in total. The second kappa shape index (κ2) is 9.18. The number of terminal acetylenes is 1. The number of rotatable bonds is 7. The summed E-state index contributed by atoms with van der Waals surface area (Å²) < 4.78 is 12.5. The van der Waals surface area contributed by atoms with Gasteiger partial charge in [-0.15, -0.1) is 6.42 Å². The molecular formula is C22H20ClN3O3. The van der Waals surface area contributed by atoms with Crippen molar-refractivity contribution in [1.82, 2.24) is 9.78 Å². The quantitative estimate of drug-likeness (QED) is 0.600. The second-order valence-corrected chi connectivity index (χ2v) is 6.68. The number of carbonyl (C=O) groups is 1. The predicted octanol–water partition coefficient (Wildman–Crippen LogP) is 3.94. The van der Waals surface area contributed by atoms with E-state index < -0.39 is 0 Å². The molecule has 148 valence electrons. The molecule has 0 aliphatic rings. The summed E-state index contributed by atoms with van der Waals surface area (Å²) >= 11 is 5.90. The first kappa shape index (κ1) is 20.3. The van der Waals surface area contributed by atoms with Gasteiger partial charge in [-0.3, -0.25) is 9.48 Å². The lowest BCUT2D eigenvalue weighted by molar-refractivity contribution is -0.115. The van der Waals surface area contributed by atoms with Crippen LogP contribution in [0, 0.1) is 12.3 Å². The highest BCUT2D eigenvalue weighted by molar-refractivity contribution is 6.30. The molecule has 1 aromatic heterocycles. The second-order valence-electron chi connectivity index (χ2n) is 6.24. The third kappa shape index (κ3) is 4.89. The molecule has 3 rings (SSSR count). The molecule has 7 heteroatoms. The fourth-order valence-corrected chi connectivity index (χ4v) is 2.96. The Morgan fingerprint density at radius 1 is 1.24 bits per heavy atom. The monoisotopic (exact) mass is 409 g/mol. The normalized spacial score (nSPS) is 10.3. The molecule has 6 nitrogen and oxygen atoms in total. The van der Waals surface area contributed by atoms with Gasteiger partial charge >= 0.3 is 0 Å². The first-order chi connectivity index (χ1) is 14.0. The summed E-state index contributed by atoms with van der Waals surface area (Å²) in [6, 6.07) is 12.6. The molecule has 0 saturated heterocycles. The molecule has 0 aliphatic carbocycles. The SMILES string of the molecule is C#CCOc1ccc(-c2cnn(C)c2NC(=O)Cc2ccc(Cl)cc2)cc1OC. The smallest absolute Gasteiger partial charge is 0.229 e. The van der Waals surface area contributed by atoms with Crippen LogP contribution in [0.1, 0.15) is 5.56 Å². The summed E-state index contributed by atoms with van der Waals surface area (Å²) in [4.78, 5) is 12.5. The van der Waals surface area contributed by atoms with Gasteiger partial charge in [0.2, 0.25) is 5.91 Å². The van der Waals surface area contributed by atoms with Crippen molar-refractivity contribution in [3.05, 3.63) is 59.2 Å². The van der Waals surface area contributed by atoms with Gasteiger partial charge in [-0.05, 0) is 35.4 Å². The molecule has 1 amide bonds. The van der Waals surface area contributed by atoms with Crippen LogP contribution in [0.15, 0.2) is 48.7 Å². The molecule has 0 unspecified atom stereocenters. The maximum atomic E-state index is 12.5. The van der Waals surface area contributed by atoms with E-state index in [2.05, 4.69) is 16.3 Å². The summed E-state index contributed by atoms with van der Waals surface area (Å²) in [6.45, 7) is 0.147. The average molecular weight is 410 g/mol. The van der Waals surface area contributed by atoms with Crippen LogP contribution in [0.3, 0.4) is 0 Å². The highest BCUT2D eigenvalue weighted by Gasteiger charge is 2.16. The first-order valence-corrected chi connectivity index (χ1v) is 9.20. The van der Waals surface area contributed by atoms with E-state index in [1.165, 1.54) is 0 Å². The lowest BCUT2D eigenvalue weighted by Crippen LogP contribution is -2.17. The zero-order chi connectivity index (χ0) is 20.8. The van der Waals surface area contributed by atoms with Gasteiger partial charge in [0.05, 0.1) is 19.7 Å². The fraction of sp³-hybridized carbons (Fsp3) is 0.182. The van der Waals surface area contributed by atoms with Crippen LogP contribution < -0.4 is 14.8 Å². The molecule has 3 aromatic rings. The molecule has 2 aromatic carbocycles. The number of carbonyl (C=O) groups excluding carboxylic acids is 1. The van der Waals surface area contributed by atoms with Gasteiger partial charge in [0.15, 0.2) is 11.5 Å². The third-order valence-corrected chi connectivity index (χ3v) is 4.51. The van der Waals surface area contributed by atoms with E-state index in [0.717, 1.165) is 16.7 Å². The van der Waals surface area contributed by atoms with Crippen molar-refractivity contribution in [2.24, 2.45) is 7.05 Å². The highest BCUT2D eigenvalue weighted by atomic mass is 35.5. The number of aryl methyl sites for hydroxylation is 1. The van der Waals surface area contributed by atoms with Crippen molar-refractivity contribution < 1.29 is 14.3 Å². The van der Waals surface area contributed by atoms with E-state index in [1.54, 1.807) is 43.2 Å². The minimum atomic E-state index is -0.155. The van der Waals surface area contributed by atoms with Gasteiger partial charge in [0.25, 0.3) is 0 Å². The van der Waals surface area contributed by atoms with Crippen LogP contribution in [0.2, 0.25) is 5.02 Å². The molecule has 0 spiro atoms. The fourth-order valence-electron chi connectivity index (χ4n) is 2.83. The summed E-state index contributed by atoms with van der Waals surface area (Å²) in [7, 11) is 3.32. The van der Waals surface area contributed by atoms with E-state index in [-0.39, 0.29) is 18.9 Å². The predicted molar refractivity (Wildman–Crippen MR) is 113 cm³/mol. The number of methoxy groups -OCH3 is 1. The summed E-state index contributed by atoms with van der Waals surface area (Å²) in [6.07, 6.45) is 7.16. The summed E-state index contributed by atoms with van der Waals surface area (Å²) in [5.41, 5.74) is 2.45. The highest BCUT2D eigenvalue weighted by Crippen LogP contribution is 2.35. The van der Waals surface area contributed by atoms with Gasteiger partial charge in [-0.1, -0.05) is 35.7 Å². The molecule has 0 bridgehead atoms. The van der Waals surface area contributed by atoms with Gasteiger partial charge in [0, 0.05) is 17.6 Å². The molecule has 0 fully saturated rings. The number of halogens is 1. The van der Waals surface area contributed by atoms with Crippen molar-refractivity contribution in [3.63, 3.8) is 0 Å². The Morgan fingerprint density at radius 2 is 2.00 bits per heavy atom. The lowest BCUT2D eigenvalue weighted by Gasteiger charge is -2.12. The van der Waals surface area contributed by atoms with E-state index in [1.807, 2.05) is 24.3 Å². The molecular weight excluding hydrogens is 390 g/mol. The maximum Gasteiger partial charge on any atom is 0.229 e. The Hall–Kier alpha value is -3.43. The van der Waals surface area contributed by atoms with E-state index in [4.69, 9.17) is 27.5 Å². The molecule has 0 radical (unpaired) electrons. The van der Waals surface area contributed by atoms with E-state index >= 15 is 0 Å². The Morgan fingerprint density at radius 3 is 2.69 bits per heavy atom. The number of benzene rings is 2.